The van der Waals surface area contributed by atoms with Crippen LogP contribution in [0.5, 0.6) is 0 Å². The lowest BCUT2D eigenvalue weighted by molar-refractivity contribution is -0.112. The summed E-state index contributed by atoms with van der Waals surface area (Å²) in [6.07, 6.45) is 3.88. The highest BCUT2D eigenvalue weighted by atomic mass is 16.5. The lowest BCUT2D eigenvalue weighted by Crippen LogP contribution is -2.17. The van der Waals surface area contributed by atoms with Crippen LogP contribution in [-0.2, 0) is 20.8 Å². The number of benzene rings is 1. The van der Waals surface area contributed by atoms with Crippen molar-refractivity contribution in [3.63, 3.8) is 0 Å². The second-order valence-corrected chi connectivity index (χ2v) is 7.23. The number of anilines is 1. The van der Waals surface area contributed by atoms with Gasteiger partial charge in [-0.25, -0.2) is 4.79 Å². The van der Waals surface area contributed by atoms with Crippen molar-refractivity contribution >= 4 is 23.6 Å². The van der Waals surface area contributed by atoms with Crippen molar-refractivity contribution in [2.24, 2.45) is 0 Å². The van der Waals surface area contributed by atoms with Crippen LogP contribution >= 0.6 is 0 Å². The Balaban J connectivity index is 1.83. The number of esters is 1. The molecule has 0 spiro atoms. The third-order valence-electron chi connectivity index (χ3n) is 5.27. The van der Waals surface area contributed by atoms with Gasteiger partial charge in [0.25, 0.3) is 5.91 Å². The first kappa shape index (κ1) is 21.3. The molecule has 1 aliphatic heterocycles. The zero-order chi connectivity index (χ0) is 21.7. The number of nitrogens with one attached hydrogen (secondary N) is 1. The Morgan fingerprint density at radius 2 is 2.13 bits per heavy atom. The van der Waals surface area contributed by atoms with Gasteiger partial charge < -0.3 is 19.4 Å². The van der Waals surface area contributed by atoms with Crippen LogP contribution in [0.25, 0.3) is 6.08 Å². The van der Waals surface area contributed by atoms with Gasteiger partial charge in [-0.05, 0) is 56.5 Å². The number of carbonyl (C=O) groups excluding carboxylic acids is 2. The number of hydrogen-bond donors (Lipinski definition) is 1. The van der Waals surface area contributed by atoms with Gasteiger partial charge >= 0.3 is 5.97 Å². The van der Waals surface area contributed by atoms with Gasteiger partial charge in [-0.2, -0.15) is 5.26 Å². The van der Waals surface area contributed by atoms with Gasteiger partial charge in [0.05, 0.1) is 24.5 Å². The summed E-state index contributed by atoms with van der Waals surface area (Å²) in [5, 5.41) is 12.2. The van der Waals surface area contributed by atoms with Gasteiger partial charge in [-0.3, -0.25) is 4.79 Å². The van der Waals surface area contributed by atoms with Crippen molar-refractivity contribution in [1.29, 1.82) is 5.26 Å². The minimum Gasteiger partial charge on any atom is -0.465 e. The van der Waals surface area contributed by atoms with E-state index in [4.69, 9.17) is 9.47 Å². The molecule has 156 valence electrons. The Morgan fingerprint density at radius 3 is 2.80 bits per heavy atom. The molecule has 3 rings (SSSR count). The average molecular weight is 407 g/mol. The monoisotopic (exact) mass is 407 g/mol. The molecule has 0 aliphatic carbocycles. The third kappa shape index (κ3) is 4.61. The van der Waals surface area contributed by atoms with E-state index in [0.29, 0.717) is 5.69 Å². The topological polar surface area (TPSA) is 93.4 Å². The first-order valence-corrected chi connectivity index (χ1v) is 9.83. The smallest absolute Gasteiger partial charge is 0.339 e. The van der Waals surface area contributed by atoms with Crippen LogP contribution in [0.15, 0.2) is 35.9 Å². The van der Waals surface area contributed by atoms with E-state index in [9.17, 15) is 14.9 Å². The van der Waals surface area contributed by atoms with E-state index in [2.05, 4.69) is 9.88 Å². The first-order valence-electron chi connectivity index (χ1n) is 9.83. The lowest BCUT2D eigenvalue weighted by Gasteiger charge is -2.14. The molecular weight excluding hydrogens is 382 g/mol. The van der Waals surface area contributed by atoms with E-state index >= 15 is 0 Å². The minimum atomic E-state index is -0.585. The van der Waals surface area contributed by atoms with Crippen molar-refractivity contribution in [2.45, 2.75) is 39.3 Å². The van der Waals surface area contributed by atoms with Crippen molar-refractivity contribution in [2.75, 3.05) is 19.0 Å². The third-order valence-corrected chi connectivity index (χ3v) is 5.27. The summed E-state index contributed by atoms with van der Waals surface area (Å²) in [6.45, 7) is 5.51. The average Bonchev–Trinajstić information content (AvgIpc) is 3.35. The van der Waals surface area contributed by atoms with E-state index in [1.165, 1.54) is 7.11 Å². The summed E-state index contributed by atoms with van der Waals surface area (Å²) in [5.41, 5.74) is 3.28. The van der Waals surface area contributed by atoms with Gasteiger partial charge in [-0.15, -0.1) is 0 Å². The molecule has 1 fully saturated rings. The van der Waals surface area contributed by atoms with E-state index in [0.717, 1.165) is 42.9 Å². The lowest BCUT2D eigenvalue weighted by atomic mass is 10.1. The van der Waals surface area contributed by atoms with Crippen molar-refractivity contribution in [3.8, 4) is 6.07 Å². The molecule has 1 amide bonds. The Kier molecular flexibility index (Phi) is 6.70. The number of methoxy groups -OCH3 is 1. The van der Waals surface area contributed by atoms with Crippen LogP contribution in [0, 0.1) is 25.2 Å². The Labute approximate surface area is 175 Å². The number of para-hydroxylation sites is 1. The van der Waals surface area contributed by atoms with Crippen LogP contribution in [0.1, 0.15) is 40.2 Å². The maximum absolute atomic E-state index is 12.7. The summed E-state index contributed by atoms with van der Waals surface area (Å²) in [5.74, 6) is -1.15. The SMILES string of the molecule is COC(=O)c1ccccc1NC(=O)/C(C#N)=C/c1cc(C)n(CC2CCCO2)c1C. The van der Waals surface area contributed by atoms with Crippen LogP contribution in [0.3, 0.4) is 0 Å². The molecule has 0 radical (unpaired) electrons. The highest BCUT2D eigenvalue weighted by Crippen LogP contribution is 2.23. The Hall–Kier alpha value is -3.37. The second kappa shape index (κ2) is 9.42. The van der Waals surface area contributed by atoms with E-state index in [1.807, 2.05) is 26.0 Å². The van der Waals surface area contributed by atoms with Crippen molar-refractivity contribution < 1.29 is 19.1 Å². The van der Waals surface area contributed by atoms with Gasteiger partial charge in [0.15, 0.2) is 0 Å². The predicted octanol–water partition coefficient (Wildman–Crippen LogP) is 3.62. The molecule has 1 aromatic carbocycles. The molecule has 1 aromatic heterocycles. The van der Waals surface area contributed by atoms with Crippen molar-refractivity contribution in [1.82, 2.24) is 4.57 Å². The normalized spacial score (nSPS) is 16.2. The molecular formula is C23H25N3O4. The molecule has 1 aliphatic rings. The highest BCUT2D eigenvalue weighted by molar-refractivity contribution is 6.12. The van der Waals surface area contributed by atoms with Gasteiger partial charge in [0, 0.05) is 24.5 Å². The zero-order valence-corrected chi connectivity index (χ0v) is 17.4. The molecule has 0 saturated carbocycles. The first-order chi connectivity index (χ1) is 14.4. The molecule has 1 N–H and O–H groups in total. The Morgan fingerprint density at radius 1 is 1.37 bits per heavy atom. The molecule has 2 aromatic rings. The summed E-state index contributed by atoms with van der Waals surface area (Å²) >= 11 is 0. The number of nitrogens with zero attached hydrogens (tertiary/aromatic N) is 2. The predicted molar refractivity (Wildman–Crippen MR) is 113 cm³/mol. The van der Waals surface area contributed by atoms with Crippen LogP contribution in [0.2, 0.25) is 0 Å². The van der Waals surface area contributed by atoms with E-state index in [1.54, 1.807) is 30.3 Å². The van der Waals surface area contributed by atoms with Gasteiger partial charge in [0.1, 0.15) is 11.6 Å². The number of ether oxygens (including phenoxy) is 2. The number of hydrogen-bond acceptors (Lipinski definition) is 5. The molecule has 30 heavy (non-hydrogen) atoms. The maximum atomic E-state index is 12.7. The number of carbonyl (C=O) groups is 2. The van der Waals surface area contributed by atoms with Crippen LogP contribution in [0.4, 0.5) is 5.69 Å². The minimum absolute atomic E-state index is 0.0490. The summed E-state index contributed by atoms with van der Waals surface area (Å²) < 4.78 is 12.6. The van der Waals surface area contributed by atoms with Crippen molar-refractivity contribution in [3.05, 3.63) is 58.4 Å². The summed E-state index contributed by atoms with van der Waals surface area (Å²) in [7, 11) is 1.27. The molecule has 7 nitrogen and oxygen atoms in total. The molecule has 7 heteroatoms. The maximum Gasteiger partial charge on any atom is 0.339 e. The second-order valence-electron chi connectivity index (χ2n) is 7.23. The van der Waals surface area contributed by atoms with Crippen LogP contribution < -0.4 is 5.32 Å². The fourth-order valence-corrected chi connectivity index (χ4v) is 3.62. The fourth-order valence-electron chi connectivity index (χ4n) is 3.62. The molecule has 1 atom stereocenters. The largest absolute Gasteiger partial charge is 0.465 e. The van der Waals surface area contributed by atoms with Gasteiger partial charge in [0.2, 0.25) is 0 Å². The quantitative estimate of drug-likeness (QED) is 0.448. The molecule has 1 saturated heterocycles. The number of aromatic nitrogens is 1. The number of amides is 1. The van der Waals surface area contributed by atoms with E-state index in [-0.39, 0.29) is 17.2 Å². The summed E-state index contributed by atoms with van der Waals surface area (Å²) in [6, 6.07) is 10.4. The summed E-state index contributed by atoms with van der Waals surface area (Å²) in [4.78, 5) is 24.6. The fraction of sp³-hybridized carbons (Fsp3) is 0.348. The standard InChI is InChI=1S/C23H25N3O4/c1-15-11-17(16(2)26(15)14-19-7-6-10-30-19)12-18(13-24)22(27)25-21-9-5-4-8-20(21)23(28)29-3/h4-5,8-9,11-12,19H,6-7,10,14H2,1-3H3,(H,25,27)/b18-12+. The van der Waals surface area contributed by atoms with Gasteiger partial charge in [-0.1, -0.05) is 12.1 Å². The highest BCUT2D eigenvalue weighted by Gasteiger charge is 2.20. The van der Waals surface area contributed by atoms with Crippen LogP contribution in [-0.4, -0.2) is 36.3 Å². The molecule has 2 heterocycles. The number of aryl methyl sites for hydroxylation is 1. The zero-order valence-electron chi connectivity index (χ0n) is 17.4. The Bertz CT molecular complexity index is 1020. The van der Waals surface area contributed by atoms with E-state index < -0.39 is 11.9 Å². The number of nitriles is 1. The number of rotatable bonds is 6. The molecule has 0 bridgehead atoms. The molecule has 1 unspecified atom stereocenters.